The lowest BCUT2D eigenvalue weighted by atomic mass is 9.88. The molecule has 1 saturated carbocycles. The van der Waals surface area contributed by atoms with E-state index in [1.807, 2.05) is 0 Å². The molecule has 2 aliphatic rings. The van der Waals surface area contributed by atoms with Crippen LogP contribution in [-0.2, 0) is 4.79 Å². The Bertz CT molecular complexity index is 383. The molecule has 4 nitrogen and oxygen atoms in total. The van der Waals surface area contributed by atoms with E-state index in [-0.39, 0.29) is 11.4 Å². The summed E-state index contributed by atoms with van der Waals surface area (Å²) in [5.41, 5.74) is 6.13. The highest BCUT2D eigenvalue weighted by Gasteiger charge is 2.48. The Balaban J connectivity index is 2.12. The molecule has 1 aliphatic heterocycles. The van der Waals surface area contributed by atoms with Crippen LogP contribution in [0.1, 0.15) is 53.4 Å². The van der Waals surface area contributed by atoms with Crippen molar-refractivity contribution in [3.63, 3.8) is 0 Å². The van der Waals surface area contributed by atoms with Crippen LogP contribution in [0.4, 0.5) is 0 Å². The number of amides is 1. The summed E-state index contributed by atoms with van der Waals surface area (Å²) in [6, 6.07) is 0. The summed E-state index contributed by atoms with van der Waals surface area (Å²) in [6.45, 7) is 9.37. The van der Waals surface area contributed by atoms with E-state index in [1.165, 1.54) is 6.42 Å². The largest absolute Gasteiger partial charge is 0.369 e. The van der Waals surface area contributed by atoms with E-state index in [0.717, 1.165) is 19.4 Å². The van der Waals surface area contributed by atoms with E-state index in [0.29, 0.717) is 23.7 Å². The zero-order chi connectivity index (χ0) is 13.6. The second-order valence-electron chi connectivity index (χ2n) is 6.47. The maximum Gasteiger partial charge on any atom is 0.231 e. The first-order valence-electron chi connectivity index (χ1n) is 6.99. The molecule has 1 amide bonds. The van der Waals surface area contributed by atoms with Gasteiger partial charge in [-0.15, -0.1) is 0 Å². The minimum absolute atomic E-state index is 0.147. The summed E-state index contributed by atoms with van der Waals surface area (Å²) < 4.78 is 0. The molecule has 102 valence electrons. The number of rotatable bonds is 4. The van der Waals surface area contributed by atoms with Gasteiger partial charge in [-0.25, -0.2) is 4.99 Å². The third-order valence-electron chi connectivity index (χ3n) is 4.85. The Hall–Kier alpha value is -1.06. The van der Waals surface area contributed by atoms with Gasteiger partial charge in [-0.05, 0) is 30.6 Å². The van der Waals surface area contributed by atoms with Crippen LogP contribution in [0.2, 0.25) is 0 Å². The normalized spacial score (nSPS) is 29.1. The summed E-state index contributed by atoms with van der Waals surface area (Å²) in [6.07, 6.45) is 3.43. The van der Waals surface area contributed by atoms with Crippen LogP contribution in [0.3, 0.4) is 0 Å². The van der Waals surface area contributed by atoms with Gasteiger partial charge in [-0.2, -0.15) is 0 Å². The van der Waals surface area contributed by atoms with Crippen LogP contribution in [0.15, 0.2) is 4.99 Å². The first kappa shape index (κ1) is 13.4. The number of nitrogens with two attached hydrogens (primary N) is 1. The van der Waals surface area contributed by atoms with Crippen LogP contribution in [0.5, 0.6) is 0 Å². The van der Waals surface area contributed by atoms with E-state index in [1.54, 1.807) is 4.90 Å². The molecular weight excluding hydrogens is 226 g/mol. The standard InChI is InChI=1S/C14H25N3O/c1-5-14(6-2)8-11(18)17(12(15)16-14)9-10-7-13(10,3)4/h10H,5-9H2,1-4H3,(H2,15,16)/t10-/m1/s1. The van der Waals surface area contributed by atoms with Gasteiger partial charge in [0.25, 0.3) is 0 Å². The monoisotopic (exact) mass is 251 g/mol. The molecular formula is C14H25N3O. The molecule has 2 rings (SSSR count). The van der Waals surface area contributed by atoms with Gasteiger partial charge in [0.15, 0.2) is 5.96 Å². The molecule has 0 unspecified atom stereocenters. The number of guanidine groups is 1. The Labute approximate surface area is 110 Å². The first-order chi connectivity index (χ1) is 8.33. The van der Waals surface area contributed by atoms with E-state index < -0.39 is 0 Å². The van der Waals surface area contributed by atoms with Crippen molar-refractivity contribution in [2.75, 3.05) is 6.54 Å². The lowest BCUT2D eigenvalue weighted by molar-refractivity contribution is -0.130. The number of carbonyl (C=O) groups excluding carboxylic acids is 1. The first-order valence-corrected chi connectivity index (χ1v) is 6.99. The average Bonchev–Trinajstić information content (AvgIpc) is 2.91. The summed E-state index contributed by atoms with van der Waals surface area (Å²) in [4.78, 5) is 18.6. The molecule has 4 heteroatoms. The second kappa shape index (κ2) is 4.25. The van der Waals surface area contributed by atoms with E-state index in [9.17, 15) is 4.79 Å². The zero-order valence-electron chi connectivity index (χ0n) is 12.0. The van der Waals surface area contributed by atoms with E-state index >= 15 is 0 Å². The van der Waals surface area contributed by atoms with Gasteiger partial charge in [0, 0.05) is 6.54 Å². The van der Waals surface area contributed by atoms with Crippen LogP contribution in [-0.4, -0.2) is 28.9 Å². The number of carbonyl (C=O) groups is 1. The van der Waals surface area contributed by atoms with Crippen LogP contribution < -0.4 is 5.73 Å². The maximum atomic E-state index is 12.3. The van der Waals surface area contributed by atoms with E-state index in [2.05, 4.69) is 32.7 Å². The topological polar surface area (TPSA) is 58.7 Å². The lowest BCUT2D eigenvalue weighted by Gasteiger charge is -2.36. The van der Waals surface area contributed by atoms with Gasteiger partial charge in [0.2, 0.25) is 5.91 Å². The Morgan fingerprint density at radius 1 is 1.39 bits per heavy atom. The molecule has 0 aromatic heterocycles. The Morgan fingerprint density at radius 2 is 1.94 bits per heavy atom. The highest BCUT2D eigenvalue weighted by Crippen LogP contribution is 2.52. The molecule has 1 heterocycles. The third-order valence-corrected chi connectivity index (χ3v) is 4.85. The minimum Gasteiger partial charge on any atom is -0.369 e. The highest BCUT2D eigenvalue weighted by atomic mass is 16.2. The van der Waals surface area contributed by atoms with Crippen LogP contribution in [0.25, 0.3) is 0 Å². The summed E-state index contributed by atoms with van der Waals surface area (Å²) in [5, 5.41) is 0. The predicted molar refractivity (Wildman–Crippen MR) is 73.2 cm³/mol. The lowest BCUT2D eigenvalue weighted by Crippen LogP contribution is -2.52. The number of aliphatic imine (C=N–C) groups is 1. The fraction of sp³-hybridized carbons (Fsp3) is 0.857. The molecule has 1 aliphatic carbocycles. The van der Waals surface area contributed by atoms with Gasteiger partial charge in [-0.3, -0.25) is 9.69 Å². The van der Waals surface area contributed by atoms with Gasteiger partial charge in [0.05, 0.1) is 12.0 Å². The number of nitrogens with zero attached hydrogens (tertiary/aromatic N) is 2. The maximum absolute atomic E-state index is 12.3. The minimum atomic E-state index is -0.253. The van der Waals surface area contributed by atoms with Gasteiger partial charge < -0.3 is 5.73 Å². The fourth-order valence-corrected chi connectivity index (χ4v) is 2.81. The van der Waals surface area contributed by atoms with Gasteiger partial charge >= 0.3 is 0 Å². The van der Waals surface area contributed by atoms with Crippen molar-refractivity contribution in [2.24, 2.45) is 22.1 Å². The van der Waals surface area contributed by atoms with Crippen molar-refractivity contribution in [3.8, 4) is 0 Å². The van der Waals surface area contributed by atoms with Crippen molar-refractivity contribution >= 4 is 11.9 Å². The molecule has 0 aromatic rings. The van der Waals surface area contributed by atoms with Crippen LogP contribution in [0, 0.1) is 11.3 Å². The van der Waals surface area contributed by atoms with Crippen molar-refractivity contribution in [2.45, 2.75) is 58.9 Å². The van der Waals surface area contributed by atoms with Crippen molar-refractivity contribution in [3.05, 3.63) is 0 Å². The molecule has 0 aromatic carbocycles. The SMILES string of the molecule is CCC1(CC)CC(=O)N(C[C@H]2CC2(C)C)C(N)=N1. The number of hydrogen-bond acceptors (Lipinski definition) is 3. The van der Waals surface area contributed by atoms with Crippen LogP contribution >= 0.6 is 0 Å². The summed E-state index contributed by atoms with van der Waals surface area (Å²) in [5.74, 6) is 1.15. The molecule has 18 heavy (non-hydrogen) atoms. The van der Waals surface area contributed by atoms with E-state index in [4.69, 9.17) is 5.73 Å². The van der Waals surface area contributed by atoms with Gasteiger partial charge in [-0.1, -0.05) is 27.7 Å². The smallest absolute Gasteiger partial charge is 0.231 e. The predicted octanol–water partition coefficient (Wildman–Crippen LogP) is 2.14. The molecule has 0 spiro atoms. The molecule has 0 radical (unpaired) electrons. The molecule has 0 saturated heterocycles. The quantitative estimate of drug-likeness (QED) is 0.832. The molecule has 0 bridgehead atoms. The highest BCUT2D eigenvalue weighted by molar-refractivity contribution is 5.99. The average molecular weight is 251 g/mol. The summed E-state index contributed by atoms with van der Waals surface area (Å²) in [7, 11) is 0. The van der Waals surface area contributed by atoms with Crippen molar-refractivity contribution in [1.82, 2.24) is 4.90 Å². The molecule has 1 fully saturated rings. The Kier molecular flexibility index (Phi) is 3.16. The number of hydrogen-bond donors (Lipinski definition) is 1. The fourth-order valence-electron chi connectivity index (χ4n) is 2.81. The van der Waals surface area contributed by atoms with Gasteiger partial charge in [0.1, 0.15) is 0 Å². The zero-order valence-corrected chi connectivity index (χ0v) is 12.0. The second-order valence-corrected chi connectivity index (χ2v) is 6.47. The van der Waals surface area contributed by atoms with Crippen molar-refractivity contribution in [1.29, 1.82) is 0 Å². The summed E-state index contributed by atoms with van der Waals surface area (Å²) >= 11 is 0. The molecule has 1 atom stereocenters. The third kappa shape index (κ3) is 2.25. The molecule has 2 N–H and O–H groups in total. The Morgan fingerprint density at radius 3 is 2.33 bits per heavy atom. The van der Waals surface area contributed by atoms with Crippen molar-refractivity contribution < 1.29 is 4.79 Å².